The minimum absolute atomic E-state index is 0.632. The lowest BCUT2D eigenvalue weighted by atomic mass is 10.2. The van der Waals surface area contributed by atoms with Crippen LogP contribution in [0.4, 0.5) is 0 Å². The summed E-state index contributed by atoms with van der Waals surface area (Å²) in [6, 6.07) is 4.17. The van der Waals surface area contributed by atoms with Crippen molar-refractivity contribution in [3.63, 3.8) is 0 Å². The Morgan fingerprint density at radius 3 is 2.65 bits per heavy atom. The van der Waals surface area contributed by atoms with Crippen molar-refractivity contribution < 1.29 is 0 Å². The summed E-state index contributed by atoms with van der Waals surface area (Å²) >= 11 is 3.49. The molecule has 0 bridgehead atoms. The number of halogens is 1. The topological polar surface area (TPSA) is 42.7 Å². The van der Waals surface area contributed by atoms with Crippen LogP contribution in [-0.4, -0.2) is 21.3 Å². The Kier molecular flexibility index (Phi) is 4.94. The van der Waals surface area contributed by atoms with E-state index in [1.165, 1.54) is 0 Å². The van der Waals surface area contributed by atoms with Gasteiger partial charge in [-0.05, 0) is 54.4 Å². The van der Waals surface area contributed by atoms with Crippen LogP contribution in [0.15, 0.2) is 22.8 Å². The van der Waals surface area contributed by atoms with Gasteiger partial charge in [-0.2, -0.15) is 5.10 Å². The zero-order chi connectivity index (χ0) is 14.7. The highest BCUT2D eigenvalue weighted by Gasteiger charge is 2.11. The third-order valence-corrected chi connectivity index (χ3v) is 3.42. The first-order chi connectivity index (χ1) is 9.47. The Labute approximate surface area is 128 Å². The monoisotopic (exact) mass is 336 g/mol. The number of aromatic nitrogens is 3. The number of nitrogens with zero attached hydrogens (tertiary/aromatic N) is 3. The molecule has 1 N–H and O–H groups in total. The quantitative estimate of drug-likeness (QED) is 0.909. The van der Waals surface area contributed by atoms with Gasteiger partial charge in [0, 0.05) is 28.5 Å². The van der Waals surface area contributed by atoms with Gasteiger partial charge in [0.2, 0.25) is 0 Å². The second kappa shape index (κ2) is 6.50. The molecule has 0 unspecified atom stereocenters. The van der Waals surface area contributed by atoms with Gasteiger partial charge in [0.25, 0.3) is 0 Å². The number of pyridine rings is 1. The fourth-order valence-corrected chi connectivity index (χ4v) is 2.51. The first-order valence-electron chi connectivity index (χ1n) is 6.86. The number of hydrogen-bond acceptors (Lipinski definition) is 3. The highest BCUT2D eigenvalue weighted by molar-refractivity contribution is 9.10. The van der Waals surface area contributed by atoms with Crippen LogP contribution in [0.3, 0.4) is 0 Å². The SMILES string of the molecule is Cc1cc(C)n(-c2ncc(Br)cc2CNCC(C)C)n1. The summed E-state index contributed by atoms with van der Waals surface area (Å²) in [6.45, 7) is 10.2. The summed E-state index contributed by atoms with van der Waals surface area (Å²) < 4.78 is 2.90. The minimum Gasteiger partial charge on any atom is -0.312 e. The van der Waals surface area contributed by atoms with E-state index >= 15 is 0 Å². The Morgan fingerprint density at radius 2 is 2.05 bits per heavy atom. The van der Waals surface area contributed by atoms with E-state index in [0.29, 0.717) is 5.92 Å². The highest BCUT2D eigenvalue weighted by Crippen LogP contribution is 2.19. The first-order valence-corrected chi connectivity index (χ1v) is 7.65. The number of hydrogen-bond donors (Lipinski definition) is 1. The summed E-state index contributed by atoms with van der Waals surface area (Å²) in [4.78, 5) is 4.53. The van der Waals surface area contributed by atoms with Crippen LogP contribution in [0, 0.1) is 19.8 Å². The van der Waals surface area contributed by atoms with E-state index in [4.69, 9.17) is 0 Å². The van der Waals surface area contributed by atoms with E-state index in [2.05, 4.69) is 64.2 Å². The van der Waals surface area contributed by atoms with E-state index in [-0.39, 0.29) is 0 Å². The van der Waals surface area contributed by atoms with Crippen LogP contribution in [0.2, 0.25) is 0 Å². The van der Waals surface area contributed by atoms with Crippen molar-refractivity contribution in [3.05, 3.63) is 39.8 Å². The van der Waals surface area contributed by atoms with E-state index in [0.717, 1.165) is 40.3 Å². The van der Waals surface area contributed by atoms with Crippen LogP contribution in [0.25, 0.3) is 5.82 Å². The molecule has 5 heteroatoms. The van der Waals surface area contributed by atoms with Crippen molar-refractivity contribution in [2.24, 2.45) is 5.92 Å². The van der Waals surface area contributed by atoms with E-state index in [1.54, 1.807) is 0 Å². The van der Waals surface area contributed by atoms with Crippen molar-refractivity contribution in [1.29, 1.82) is 0 Å². The molecule has 0 radical (unpaired) electrons. The Hall–Kier alpha value is -1.20. The fourth-order valence-electron chi connectivity index (χ4n) is 2.13. The largest absolute Gasteiger partial charge is 0.312 e. The molecule has 2 aromatic heterocycles. The van der Waals surface area contributed by atoms with Gasteiger partial charge in [0.15, 0.2) is 5.82 Å². The first kappa shape index (κ1) is 15.2. The predicted molar refractivity (Wildman–Crippen MR) is 85.1 cm³/mol. The van der Waals surface area contributed by atoms with Crippen molar-refractivity contribution >= 4 is 15.9 Å². The third-order valence-electron chi connectivity index (χ3n) is 2.99. The van der Waals surface area contributed by atoms with Crippen molar-refractivity contribution in [2.75, 3.05) is 6.54 Å². The van der Waals surface area contributed by atoms with Gasteiger partial charge in [0.1, 0.15) is 0 Å². The summed E-state index contributed by atoms with van der Waals surface area (Å²) in [5, 5.41) is 7.99. The number of nitrogens with one attached hydrogen (secondary N) is 1. The van der Waals surface area contributed by atoms with Gasteiger partial charge in [-0.3, -0.25) is 0 Å². The smallest absolute Gasteiger partial charge is 0.158 e. The molecular formula is C15H21BrN4. The van der Waals surface area contributed by atoms with Gasteiger partial charge >= 0.3 is 0 Å². The summed E-state index contributed by atoms with van der Waals surface area (Å²) in [5.74, 6) is 1.53. The molecule has 2 aromatic rings. The van der Waals surface area contributed by atoms with Gasteiger partial charge in [0.05, 0.1) is 5.69 Å². The second-order valence-electron chi connectivity index (χ2n) is 5.50. The van der Waals surface area contributed by atoms with Crippen LogP contribution in [0.5, 0.6) is 0 Å². The zero-order valence-electron chi connectivity index (χ0n) is 12.4. The lowest BCUT2D eigenvalue weighted by molar-refractivity contribution is 0.550. The average Bonchev–Trinajstić information content (AvgIpc) is 2.68. The molecule has 0 amide bonds. The molecule has 108 valence electrons. The molecule has 2 rings (SSSR count). The average molecular weight is 337 g/mol. The van der Waals surface area contributed by atoms with Crippen molar-refractivity contribution in [3.8, 4) is 5.82 Å². The highest BCUT2D eigenvalue weighted by atomic mass is 79.9. The molecule has 2 heterocycles. The van der Waals surface area contributed by atoms with Gasteiger partial charge < -0.3 is 5.32 Å². The third kappa shape index (κ3) is 3.67. The molecule has 0 aromatic carbocycles. The lowest BCUT2D eigenvalue weighted by Crippen LogP contribution is -2.20. The summed E-state index contributed by atoms with van der Waals surface area (Å²) in [5.41, 5.74) is 3.25. The molecule has 0 aliphatic heterocycles. The zero-order valence-corrected chi connectivity index (χ0v) is 14.0. The molecule has 0 saturated carbocycles. The van der Waals surface area contributed by atoms with E-state index in [1.807, 2.05) is 17.8 Å². The van der Waals surface area contributed by atoms with E-state index < -0.39 is 0 Å². The second-order valence-corrected chi connectivity index (χ2v) is 6.42. The molecule has 20 heavy (non-hydrogen) atoms. The normalized spacial score (nSPS) is 11.3. The van der Waals surface area contributed by atoms with Gasteiger partial charge in [-0.1, -0.05) is 13.8 Å². The van der Waals surface area contributed by atoms with Crippen molar-refractivity contribution in [2.45, 2.75) is 34.2 Å². The maximum Gasteiger partial charge on any atom is 0.158 e. The van der Waals surface area contributed by atoms with Crippen LogP contribution < -0.4 is 5.32 Å². The van der Waals surface area contributed by atoms with Crippen molar-refractivity contribution in [1.82, 2.24) is 20.1 Å². The maximum atomic E-state index is 4.53. The molecule has 0 saturated heterocycles. The molecule has 0 aliphatic rings. The predicted octanol–water partition coefficient (Wildman–Crippen LogP) is 3.39. The molecule has 0 atom stereocenters. The molecule has 0 spiro atoms. The molecule has 0 aliphatic carbocycles. The standard InChI is InChI=1S/C15H21BrN4/c1-10(2)7-17-8-13-6-14(16)9-18-15(13)20-12(4)5-11(3)19-20/h5-6,9-10,17H,7-8H2,1-4H3. The van der Waals surface area contributed by atoms with Crippen LogP contribution in [-0.2, 0) is 6.54 Å². The van der Waals surface area contributed by atoms with Crippen LogP contribution >= 0.6 is 15.9 Å². The number of aryl methyl sites for hydroxylation is 2. The lowest BCUT2D eigenvalue weighted by Gasteiger charge is -2.12. The summed E-state index contributed by atoms with van der Waals surface area (Å²) in [7, 11) is 0. The van der Waals surface area contributed by atoms with Gasteiger partial charge in [-0.25, -0.2) is 9.67 Å². The number of rotatable bonds is 5. The molecule has 0 fully saturated rings. The molecule has 4 nitrogen and oxygen atoms in total. The minimum atomic E-state index is 0.632. The maximum absolute atomic E-state index is 4.53. The van der Waals surface area contributed by atoms with Crippen LogP contribution in [0.1, 0.15) is 30.8 Å². The Bertz CT molecular complexity index is 590. The Morgan fingerprint density at radius 1 is 1.30 bits per heavy atom. The summed E-state index contributed by atoms with van der Waals surface area (Å²) in [6.07, 6.45) is 1.82. The van der Waals surface area contributed by atoms with Gasteiger partial charge in [-0.15, -0.1) is 0 Å². The Balaban J connectivity index is 2.30. The molecular weight excluding hydrogens is 316 g/mol. The fraction of sp³-hybridized carbons (Fsp3) is 0.467. The van der Waals surface area contributed by atoms with E-state index in [9.17, 15) is 0 Å².